The van der Waals surface area contributed by atoms with Crippen LogP contribution in [-0.2, 0) is 0 Å². The first-order valence-corrected chi connectivity index (χ1v) is 14.1. The van der Waals surface area contributed by atoms with Crippen LogP contribution in [0.15, 0.2) is 121 Å². The van der Waals surface area contributed by atoms with Crippen LogP contribution in [0.4, 0.5) is 17.3 Å². The molecule has 1 aliphatic heterocycles. The Hall–Kier alpha value is -5.13. The van der Waals surface area contributed by atoms with Gasteiger partial charge in [0.2, 0.25) is 5.95 Å². The van der Waals surface area contributed by atoms with E-state index in [-0.39, 0.29) is 0 Å². The summed E-state index contributed by atoms with van der Waals surface area (Å²) in [6.45, 7) is 0. The summed E-state index contributed by atoms with van der Waals surface area (Å²) >= 11 is 1.73. The van der Waals surface area contributed by atoms with Crippen LogP contribution in [0.1, 0.15) is 0 Å². The molecule has 0 atom stereocenters. The van der Waals surface area contributed by atoms with Crippen molar-refractivity contribution in [1.82, 2.24) is 15.0 Å². The molecule has 3 aromatic heterocycles. The van der Waals surface area contributed by atoms with Gasteiger partial charge in [0.05, 0.1) is 27.3 Å². The van der Waals surface area contributed by atoms with E-state index in [4.69, 9.17) is 15.0 Å². The monoisotopic (exact) mass is 528 g/mol. The molecule has 0 saturated carbocycles. The van der Waals surface area contributed by atoms with Crippen molar-refractivity contribution in [2.45, 2.75) is 0 Å². The molecule has 0 unspecified atom stereocenters. The number of rotatable bonds is 2. The van der Waals surface area contributed by atoms with Gasteiger partial charge in [0, 0.05) is 27.2 Å². The van der Waals surface area contributed by atoms with E-state index in [1.54, 1.807) is 11.3 Å². The first kappa shape index (κ1) is 21.8. The Labute approximate surface area is 233 Å². The molecule has 9 rings (SSSR count). The fourth-order valence-corrected chi connectivity index (χ4v) is 7.20. The lowest BCUT2D eigenvalue weighted by molar-refractivity contribution is 1.11. The number of thiophene rings is 1. The second-order valence-corrected chi connectivity index (χ2v) is 11.1. The maximum atomic E-state index is 5.31. The highest BCUT2D eigenvalue weighted by atomic mass is 32.1. The number of fused-ring (bicyclic) bond motifs is 6. The molecule has 0 fully saturated rings. The lowest BCUT2D eigenvalue weighted by Gasteiger charge is -2.32. The molecule has 4 heterocycles. The van der Waals surface area contributed by atoms with E-state index in [9.17, 15) is 0 Å². The third kappa shape index (κ3) is 3.04. The number of nitrogens with zero attached hydrogens (tertiary/aromatic N) is 4. The number of aromatic nitrogens is 3. The summed E-state index contributed by atoms with van der Waals surface area (Å²) in [5, 5.41) is 5.95. The summed E-state index contributed by atoms with van der Waals surface area (Å²) in [5.41, 5.74) is 7.24. The first-order chi connectivity index (χ1) is 19.8. The minimum Gasteiger partial charge on any atom is -0.278 e. The topological polar surface area (TPSA) is 41.9 Å². The maximum absolute atomic E-state index is 5.31. The zero-order valence-corrected chi connectivity index (χ0v) is 22.1. The summed E-state index contributed by atoms with van der Waals surface area (Å²) in [5.74, 6) is 0.648. The van der Waals surface area contributed by atoms with E-state index in [0.29, 0.717) is 5.95 Å². The Bertz CT molecular complexity index is 2280. The van der Waals surface area contributed by atoms with Gasteiger partial charge in [-0.3, -0.25) is 9.88 Å². The largest absolute Gasteiger partial charge is 0.278 e. The van der Waals surface area contributed by atoms with Gasteiger partial charge < -0.3 is 0 Å². The lowest BCUT2D eigenvalue weighted by Crippen LogP contribution is -2.18. The molecule has 5 heteroatoms. The molecule has 40 heavy (non-hydrogen) atoms. The van der Waals surface area contributed by atoms with Crippen molar-refractivity contribution in [3.05, 3.63) is 121 Å². The predicted octanol–water partition coefficient (Wildman–Crippen LogP) is 9.66. The SMILES string of the molecule is c1ccc(-c2nc(N3c4cc5ccccc5cc4-c4cccc5cccc3c45)nc3c2sc2ccccc23)nc1. The van der Waals surface area contributed by atoms with Crippen LogP contribution in [0, 0.1) is 0 Å². The lowest BCUT2D eigenvalue weighted by atomic mass is 9.90. The van der Waals surface area contributed by atoms with Crippen molar-refractivity contribution < 1.29 is 0 Å². The number of anilines is 3. The Morgan fingerprint density at radius 3 is 2.25 bits per heavy atom. The maximum Gasteiger partial charge on any atom is 0.235 e. The van der Waals surface area contributed by atoms with Crippen molar-refractivity contribution in [3.63, 3.8) is 0 Å². The molecule has 4 nitrogen and oxygen atoms in total. The van der Waals surface area contributed by atoms with E-state index >= 15 is 0 Å². The van der Waals surface area contributed by atoms with Gasteiger partial charge in [0.25, 0.3) is 0 Å². The van der Waals surface area contributed by atoms with Gasteiger partial charge in [-0.15, -0.1) is 11.3 Å². The van der Waals surface area contributed by atoms with Gasteiger partial charge >= 0.3 is 0 Å². The van der Waals surface area contributed by atoms with Gasteiger partial charge in [0.15, 0.2) is 0 Å². The minimum absolute atomic E-state index is 0.648. The van der Waals surface area contributed by atoms with E-state index in [2.05, 4.69) is 102 Å². The third-order valence-corrected chi connectivity index (χ3v) is 9.00. The summed E-state index contributed by atoms with van der Waals surface area (Å²) in [6.07, 6.45) is 1.83. The van der Waals surface area contributed by atoms with Crippen LogP contribution in [0.5, 0.6) is 0 Å². The van der Waals surface area contributed by atoms with Gasteiger partial charge in [-0.1, -0.05) is 78.9 Å². The molecule has 0 bridgehead atoms. The summed E-state index contributed by atoms with van der Waals surface area (Å²) in [4.78, 5) is 17.6. The molecular weight excluding hydrogens is 508 g/mol. The molecule has 0 saturated heterocycles. The Balaban J connectivity index is 1.43. The fourth-order valence-electron chi connectivity index (χ4n) is 6.06. The number of hydrogen-bond acceptors (Lipinski definition) is 5. The smallest absolute Gasteiger partial charge is 0.235 e. The van der Waals surface area contributed by atoms with Crippen LogP contribution >= 0.6 is 11.3 Å². The van der Waals surface area contributed by atoms with Crippen LogP contribution in [0.25, 0.3) is 64.4 Å². The molecule has 0 spiro atoms. The normalized spacial score (nSPS) is 12.4. The Morgan fingerprint density at radius 1 is 0.600 bits per heavy atom. The number of benzene rings is 5. The van der Waals surface area contributed by atoms with E-state index in [1.165, 1.54) is 37.4 Å². The fraction of sp³-hybridized carbons (Fsp3) is 0. The molecule has 8 aromatic rings. The average Bonchev–Trinajstić information content (AvgIpc) is 3.39. The first-order valence-electron chi connectivity index (χ1n) is 13.3. The summed E-state index contributed by atoms with van der Waals surface area (Å²) < 4.78 is 2.25. The van der Waals surface area contributed by atoms with Crippen molar-refractivity contribution >= 4 is 70.5 Å². The summed E-state index contributed by atoms with van der Waals surface area (Å²) in [6, 6.07) is 40.6. The Kier molecular flexibility index (Phi) is 4.45. The predicted molar refractivity (Wildman–Crippen MR) is 167 cm³/mol. The van der Waals surface area contributed by atoms with Crippen LogP contribution in [-0.4, -0.2) is 15.0 Å². The van der Waals surface area contributed by atoms with E-state index < -0.39 is 0 Å². The van der Waals surface area contributed by atoms with Gasteiger partial charge in [-0.05, 0) is 58.1 Å². The van der Waals surface area contributed by atoms with Crippen LogP contribution < -0.4 is 4.90 Å². The molecule has 186 valence electrons. The standard InChI is InChI=1S/C35H20N4S/c1-2-10-23-20-29-26(19-22(23)9-1)24-14-7-11-21-12-8-16-28(31(21)24)39(29)35-37-32-25-13-3-4-17-30(25)40-34(32)33(38-35)27-15-5-6-18-36-27/h1-20H. The van der Waals surface area contributed by atoms with Crippen molar-refractivity contribution in [3.8, 4) is 22.5 Å². The zero-order valence-electron chi connectivity index (χ0n) is 21.2. The zero-order chi connectivity index (χ0) is 26.2. The second-order valence-electron chi connectivity index (χ2n) is 10.1. The van der Waals surface area contributed by atoms with Crippen LogP contribution in [0.3, 0.4) is 0 Å². The minimum atomic E-state index is 0.648. The number of hydrogen-bond donors (Lipinski definition) is 0. The molecule has 0 N–H and O–H groups in total. The molecule has 0 radical (unpaired) electrons. The van der Waals surface area contributed by atoms with Crippen molar-refractivity contribution in [1.29, 1.82) is 0 Å². The van der Waals surface area contributed by atoms with Gasteiger partial charge in [0.1, 0.15) is 5.69 Å². The summed E-state index contributed by atoms with van der Waals surface area (Å²) in [7, 11) is 0. The highest BCUT2D eigenvalue weighted by molar-refractivity contribution is 7.26. The quantitative estimate of drug-likeness (QED) is 0.224. The van der Waals surface area contributed by atoms with Gasteiger partial charge in [-0.25, -0.2) is 9.97 Å². The molecule has 0 amide bonds. The van der Waals surface area contributed by atoms with Crippen molar-refractivity contribution in [2.75, 3.05) is 4.90 Å². The molecular formula is C35H20N4S. The average molecular weight is 529 g/mol. The second kappa shape index (κ2) is 8.18. The van der Waals surface area contributed by atoms with E-state index in [1.807, 2.05) is 24.4 Å². The molecule has 5 aromatic carbocycles. The highest BCUT2D eigenvalue weighted by Gasteiger charge is 2.29. The van der Waals surface area contributed by atoms with Crippen LogP contribution in [0.2, 0.25) is 0 Å². The number of pyridine rings is 1. The van der Waals surface area contributed by atoms with E-state index in [0.717, 1.165) is 38.4 Å². The van der Waals surface area contributed by atoms with Crippen molar-refractivity contribution in [2.24, 2.45) is 0 Å². The highest BCUT2D eigenvalue weighted by Crippen LogP contribution is 2.52. The third-order valence-electron chi connectivity index (χ3n) is 7.83. The molecule has 1 aliphatic rings. The Morgan fingerprint density at radius 2 is 1.38 bits per heavy atom. The molecule has 0 aliphatic carbocycles. The van der Waals surface area contributed by atoms with Gasteiger partial charge in [-0.2, -0.15) is 0 Å².